The van der Waals surface area contributed by atoms with Crippen LogP contribution in [0.1, 0.15) is 29.5 Å². The summed E-state index contributed by atoms with van der Waals surface area (Å²) < 4.78 is 0. The minimum atomic E-state index is -0.917. The minimum Gasteiger partial charge on any atom is -0.478 e. The van der Waals surface area contributed by atoms with Gasteiger partial charge in [0.1, 0.15) is 0 Å². The highest BCUT2D eigenvalue weighted by Gasteiger charge is 1.96. The maximum atomic E-state index is 10.4. The van der Waals surface area contributed by atoms with Crippen molar-refractivity contribution in [1.29, 1.82) is 0 Å². The average molecular weight is 280 g/mol. The molecule has 0 aromatic heterocycles. The third kappa shape index (κ3) is 5.65. The molecule has 1 N–H and O–H groups in total. The lowest BCUT2D eigenvalue weighted by Gasteiger charge is -2.03. The summed E-state index contributed by atoms with van der Waals surface area (Å²) in [5, 5.41) is 8.58. The van der Waals surface area contributed by atoms with E-state index in [0.29, 0.717) is 0 Å². The number of hydrogen-bond acceptors (Lipinski definition) is 1. The molecule has 0 bridgehead atoms. The number of rotatable bonds is 7. The Morgan fingerprint density at radius 2 is 1.43 bits per heavy atom. The van der Waals surface area contributed by atoms with Gasteiger partial charge < -0.3 is 5.11 Å². The molecule has 0 unspecified atom stereocenters. The van der Waals surface area contributed by atoms with Gasteiger partial charge in [0.05, 0.1) is 0 Å². The van der Waals surface area contributed by atoms with Gasteiger partial charge in [-0.3, -0.25) is 0 Å². The Kier molecular flexibility index (Phi) is 5.77. The normalized spacial score (nSPS) is 10.9. The smallest absolute Gasteiger partial charge is 0.328 e. The van der Waals surface area contributed by atoms with Crippen molar-refractivity contribution in [3.63, 3.8) is 0 Å². The molecule has 0 atom stereocenters. The van der Waals surface area contributed by atoms with Crippen molar-refractivity contribution in [3.05, 3.63) is 77.4 Å². The first kappa shape index (κ1) is 15.0. The zero-order chi connectivity index (χ0) is 14.9. The van der Waals surface area contributed by atoms with Crippen LogP contribution in [0, 0.1) is 0 Å². The third-order valence-corrected chi connectivity index (χ3v) is 3.42. The Morgan fingerprint density at radius 1 is 0.857 bits per heavy atom. The van der Waals surface area contributed by atoms with E-state index < -0.39 is 5.97 Å². The Hall–Kier alpha value is -2.35. The van der Waals surface area contributed by atoms with Gasteiger partial charge in [0.15, 0.2) is 0 Å². The summed E-state index contributed by atoms with van der Waals surface area (Å²) in [6.07, 6.45) is 7.32. The van der Waals surface area contributed by atoms with E-state index in [2.05, 4.69) is 36.4 Å². The van der Waals surface area contributed by atoms with Crippen LogP contribution in [0.5, 0.6) is 0 Å². The topological polar surface area (TPSA) is 37.3 Å². The van der Waals surface area contributed by atoms with Crippen molar-refractivity contribution in [2.45, 2.75) is 25.7 Å². The highest BCUT2D eigenvalue weighted by Crippen LogP contribution is 2.11. The van der Waals surface area contributed by atoms with Crippen molar-refractivity contribution in [3.8, 4) is 0 Å². The number of aliphatic carboxylic acids is 1. The van der Waals surface area contributed by atoms with E-state index in [1.807, 2.05) is 18.2 Å². The summed E-state index contributed by atoms with van der Waals surface area (Å²) in [5.74, 6) is -0.917. The number of unbranched alkanes of at least 4 members (excludes halogenated alkanes) is 1. The van der Waals surface area contributed by atoms with Crippen LogP contribution in [0.4, 0.5) is 0 Å². The summed E-state index contributed by atoms with van der Waals surface area (Å²) in [6, 6.07) is 18.6. The molecule has 0 heterocycles. The molecule has 2 rings (SSSR count). The average Bonchev–Trinajstić information content (AvgIpc) is 2.52. The molecule has 0 amide bonds. The van der Waals surface area contributed by atoms with Crippen LogP contribution < -0.4 is 0 Å². The number of aryl methyl sites for hydroxylation is 2. The van der Waals surface area contributed by atoms with Crippen molar-refractivity contribution >= 4 is 12.0 Å². The summed E-state index contributed by atoms with van der Waals surface area (Å²) >= 11 is 0. The second-order valence-electron chi connectivity index (χ2n) is 5.11. The molecule has 108 valence electrons. The van der Waals surface area contributed by atoms with E-state index in [9.17, 15) is 4.79 Å². The zero-order valence-electron chi connectivity index (χ0n) is 12.0. The number of carboxylic acid groups (broad SMARTS) is 1. The van der Waals surface area contributed by atoms with Crippen LogP contribution in [0.3, 0.4) is 0 Å². The predicted octanol–water partition coefficient (Wildman–Crippen LogP) is 4.35. The van der Waals surface area contributed by atoms with Gasteiger partial charge in [0, 0.05) is 6.08 Å². The van der Waals surface area contributed by atoms with Gasteiger partial charge >= 0.3 is 5.97 Å². The van der Waals surface area contributed by atoms with Crippen LogP contribution in [-0.4, -0.2) is 11.1 Å². The molecule has 2 aromatic rings. The first-order valence-electron chi connectivity index (χ1n) is 7.28. The lowest BCUT2D eigenvalue weighted by molar-refractivity contribution is -0.131. The largest absolute Gasteiger partial charge is 0.478 e. The van der Waals surface area contributed by atoms with Gasteiger partial charge in [-0.25, -0.2) is 4.79 Å². The summed E-state index contributed by atoms with van der Waals surface area (Å²) in [4.78, 5) is 10.4. The first-order valence-corrected chi connectivity index (χ1v) is 7.28. The quantitative estimate of drug-likeness (QED) is 0.604. The molecule has 0 saturated heterocycles. The molecule has 2 aromatic carbocycles. The van der Waals surface area contributed by atoms with Crippen LogP contribution in [0.15, 0.2) is 60.7 Å². The highest BCUT2D eigenvalue weighted by molar-refractivity contribution is 5.85. The first-order chi connectivity index (χ1) is 10.2. The van der Waals surface area contributed by atoms with Crippen LogP contribution in [0.2, 0.25) is 0 Å². The lowest BCUT2D eigenvalue weighted by atomic mass is 10.0. The molecule has 0 saturated carbocycles. The molecular formula is C19H20O2. The molecule has 0 fully saturated rings. The summed E-state index contributed by atoms with van der Waals surface area (Å²) in [6.45, 7) is 0. The predicted molar refractivity (Wildman–Crippen MR) is 86.2 cm³/mol. The van der Waals surface area contributed by atoms with Crippen LogP contribution >= 0.6 is 0 Å². The van der Waals surface area contributed by atoms with E-state index in [1.54, 1.807) is 6.08 Å². The van der Waals surface area contributed by atoms with E-state index in [-0.39, 0.29) is 0 Å². The van der Waals surface area contributed by atoms with Crippen molar-refractivity contribution < 1.29 is 9.90 Å². The molecule has 2 heteroatoms. The number of carbonyl (C=O) groups is 1. The molecule has 2 nitrogen and oxygen atoms in total. The Bertz CT molecular complexity index is 583. The monoisotopic (exact) mass is 280 g/mol. The van der Waals surface area contributed by atoms with Gasteiger partial charge in [-0.1, -0.05) is 54.6 Å². The zero-order valence-corrected chi connectivity index (χ0v) is 12.0. The Labute approximate surface area is 125 Å². The third-order valence-electron chi connectivity index (χ3n) is 3.42. The van der Waals surface area contributed by atoms with Gasteiger partial charge in [-0.05, 0) is 48.4 Å². The molecule has 0 aliphatic carbocycles. The molecular weight excluding hydrogens is 260 g/mol. The SMILES string of the molecule is O=C(O)/C=C/c1ccc(CCCCc2ccccc2)cc1. The highest BCUT2D eigenvalue weighted by atomic mass is 16.4. The minimum absolute atomic E-state index is 0.917. The van der Waals surface area contributed by atoms with E-state index in [4.69, 9.17) is 5.11 Å². The number of hydrogen-bond donors (Lipinski definition) is 1. The molecule has 0 aliphatic heterocycles. The van der Waals surface area contributed by atoms with Gasteiger partial charge in [0.25, 0.3) is 0 Å². The fraction of sp³-hybridized carbons (Fsp3) is 0.211. The Morgan fingerprint density at radius 3 is 2.00 bits per heavy atom. The fourth-order valence-electron chi connectivity index (χ4n) is 2.27. The van der Waals surface area contributed by atoms with E-state index in [1.165, 1.54) is 24.0 Å². The lowest BCUT2D eigenvalue weighted by Crippen LogP contribution is -1.90. The van der Waals surface area contributed by atoms with Crippen LogP contribution in [0.25, 0.3) is 6.08 Å². The number of carboxylic acids is 1. The molecule has 0 aliphatic rings. The fourth-order valence-corrected chi connectivity index (χ4v) is 2.27. The van der Waals surface area contributed by atoms with Crippen molar-refractivity contribution in [1.82, 2.24) is 0 Å². The molecule has 0 radical (unpaired) electrons. The standard InChI is InChI=1S/C19H20O2/c20-19(21)15-14-18-12-10-17(11-13-18)9-5-4-8-16-6-2-1-3-7-16/h1-3,6-7,10-15H,4-5,8-9H2,(H,20,21)/b15-14+. The van der Waals surface area contributed by atoms with Gasteiger partial charge in [-0.2, -0.15) is 0 Å². The van der Waals surface area contributed by atoms with Crippen molar-refractivity contribution in [2.75, 3.05) is 0 Å². The molecule has 21 heavy (non-hydrogen) atoms. The number of benzene rings is 2. The second kappa shape index (κ2) is 8.05. The van der Waals surface area contributed by atoms with E-state index >= 15 is 0 Å². The van der Waals surface area contributed by atoms with Gasteiger partial charge in [0.2, 0.25) is 0 Å². The summed E-state index contributed by atoms with van der Waals surface area (Å²) in [5.41, 5.74) is 3.62. The van der Waals surface area contributed by atoms with Gasteiger partial charge in [-0.15, -0.1) is 0 Å². The van der Waals surface area contributed by atoms with E-state index in [0.717, 1.165) is 24.5 Å². The maximum absolute atomic E-state index is 10.4. The van der Waals surface area contributed by atoms with Crippen LogP contribution in [-0.2, 0) is 17.6 Å². The second-order valence-corrected chi connectivity index (χ2v) is 5.11. The van der Waals surface area contributed by atoms with Crippen molar-refractivity contribution in [2.24, 2.45) is 0 Å². The maximum Gasteiger partial charge on any atom is 0.328 e. The summed E-state index contributed by atoms with van der Waals surface area (Å²) in [7, 11) is 0. The molecule has 0 spiro atoms. The Balaban J connectivity index is 1.75.